The lowest BCUT2D eigenvalue weighted by Crippen LogP contribution is -2.36. The molecule has 4 bridgehead atoms. The number of rotatable bonds is 3. The van der Waals surface area contributed by atoms with E-state index in [0.717, 1.165) is 36.0 Å². The van der Waals surface area contributed by atoms with Crippen molar-refractivity contribution in [2.24, 2.45) is 41.4 Å². The molecule has 0 aromatic carbocycles. The minimum atomic E-state index is 0.0589. The van der Waals surface area contributed by atoms with Crippen LogP contribution in [0, 0.1) is 41.4 Å². The highest BCUT2D eigenvalue weighted by atomic mass is 16.5. The van der Waals surface area contributed by atoms with E-state index in [9.17, 15) is 4.79 Å². The summed E-state index contributed by atoms with van der Waals surface area (Å²) in [4.78, 5) is 12.1. The number of esters is 1. The number of ether oxygens (including phenoxy) is 1. The molecule has 4 aliphatic rings. The SMILES string of the molecule is C=CCOC(=O)C1CC2CC1C1C3CCC(C3)C21. The summed E-state index contributed by atoms with van der Waals surface area (Å²) in [5.41, 5.74) is 0. The second-order valence-electron chi connectivity index (χ2n) is 6.91. The molecule has 0 aliphatic heterocycles. The monoisotopic (exact) mass is 246 g/mol. The predicted octanol–water partition coefficient (Wildman–Crippen LogP) is 3.03. The van der Waals surface area contributed by atoms with E-state index in [2.05, 4.69) is 6.58 Å². The van der Waals surface area contributed by atoms with Crippen LogP contribution in [0.1, 0.15) is 32.1 Å². The van der Waals surface area contributed by atoms with Crippen LogP contribution in [0.25, 0.3) is 0 Å². The van der Waals surface area contributed by atoms with Crippen molar-refractivity contribution in [1.82, 2.24) is 0 Å². The van der Waals surface area contributed by atoms with Crippen molar-refractivity contribution in [3.8, 4) is 0 Å². The number of hydrogen-bond donors (Lipinski definition) is 0. The summed E-state index contributed by atoms with van der Waals surface area (Å²) < 4.78 is 5.30. The molecule has 0 saturated heterocycles. The quantitative estimate of drug-likeness (QED) is 0.434. The molecule has 0 aromatic rings. The minimum absolute atomic E-state index is 0.0589. The first-order chi connectivity index (χ1) is 8.79. The fourth-order valence-electron chi connectivity index (χ4n) is 6.08. The average molecular weight is 246 g/mol. The lowest BCUT2D eigenvalue weighted by atomic mass is 9.67. The van der Waals surface area contributed by atoms with Gasteiger partial charge >= 0.3 is 5.97 Å². The van der Waals surface area contributed by atoms with Gasteiger partial charge in [-0.2, -0.15) is 0 Å². The van der Waals surface area contributed by atoms with Crippen molar-refractivity contribution < 1.29 is 9.53 Å². The summed E-state index contributed by atoms with van der Waals surface area (Å²) in [7, 11) is 0. The van der Waals surface area contributed by atoms with E-state index in [-0.39, 0.29) is 11.9 Å². The molecular formula is C16H22O2. The van der Waals surface area contributed by atoms with Crippen LogP contribution in [0.3, 0.4) is 0 Å². The summed E-state index contributed by atoms with van der Waals surface area (Å²) in [6, 6.07) is 0. The van der Waals surface area contributed by atoms with Crippen molar-refractivity contribution in [1.29, 1.82) is 0 Å². The van der Waals surface area contributed by atoms with E-state index >= 15 is 0 Å². The van der Waals surface area contributed by atoms with Gasteiger partial charge in [-0.1, -0.05) is 12.7 Å². The molecular weight excluding hydrogens is 224 g/mol. The van der Waals surface area contributed by atoms with E-state index in [0.29, 0.717) is 12.5 Å². The third kappa shape index (κ3) is 1.32. The second kappa shape index (κ2) is 3.85. The molecule has 4 saturated carbocycles. The molecule has 0 spiro atoms. The first kappa shape index (κ1) is 11.1. The molecule has 98 valence electrons. The molecule has 4 aliphatic carbocycles. The minimum Gasteiger partial charge on any atom is -0.461 e. The molecule has 0 amide bonds. The van der Waals surface area contributed by atoms with Crippen LogP contribution in [0.5, 0.6) is 0 Å². The fourth-order valence-corrected chi connectivity index (χ4v) is 6.08. The van der Waals surface area contributed by atoms with Crippen molar-refractivity contribution in [2.45, 2.75) is 32.1 Å². The van der Waals surface area contributed by atoms with Crippen LogP contribution in [-0.2, 0) is 9.53 Å². The molecule has 7 atom stereocenters. The largest absolute Gasteiger partial charge is 0.461 e. The maximum Gasteiger partial charge on any atom is 0.309 e. The lowest BCUT2D eigenvalue weighted by molar-refractivity contribution is -0.150. The number of fused-ring (bicyclic) bond motifs is 9. The highest BCUT2D eigenvalue weighted by Gasteiger charge is 2.63. The average Bonchev–Trinajstić information content (AvgIpc) is 3.10. The molecule has 7 unspecified atom stereocenters. The van der Waals surface area contributed by atoms with Gasteiger partial charge in [-0.15, -0.1) is 0 Å². The van der Waals surface area contributed by atoms with Crippen LogP contribution >= 0.6 is 0 Å². The Labute approximate surface area is 109 Å². The molecule has 4 rings (SSSR count). The van der Waals surface area contributed by atoms with Gasteiger partial charge in [0.15, 0.2) is 0 Å². The second-order valence-corrected chi connectivity index (χ2v) is 6.91. The van der Waals surface area contributed by atoms with Gasteiger partial charge in [0.2, 0.25) is 0 Å². The fraction of sp³-hybridized carbons (Fsp3) is 0.812. The van der Waals surface area contributed by atoms with E-state index in [1.54, 1.807) is 6.08 Å². The van der Waals surface area contributed by atoms with Gasteiger partial charge in [-0.25, -0.2) is 0 Å². The molecule has 0 heterocycles. The van der Waals surface area contributed by atoms with Crippen molar-refractivity contribution in [3.63, 3.8) is 0 Å². The molecule has 4 fully saturated rings. The van der Waals surface area contributed by atoms with Gasteiger partial charge in [0, 0.05) is 0 Å². The van der Waals surface area contributed by atoms with Gasteiger partial charge in [0.05, 0.1) is 5.92 Å². The topological polar surface area (TPSA) is 26.3 Å². The Morgan fingerprint density at radius 1 is 1.11 bits per heavy atom. The molecule has 0 aromatic heterocycles. The van der Waals surface area contributed by atoms with Gasteiger partial charge in [0.1, 0.15) is 6.61 Å². The molecule has 0 N–H and O–H groups in total. The Morgan fingerprint density at radius 3 is 2.67 bits per heavy atom. The number of carbonyl (C=O) groups is 1. The molecule has 2 nitrogen and oxygen atoms in total. The number of carbonyl (C=O) groups excluding carboxylic acids is 1. The van der Waals surface area contributed by atoms with Gasteiger partial charge < -0.3 is 4.74 Å². The Hall–Kier alpha value is -0.790. The van der Waals surface area contributed by atoms with Crippen molar-refractivity contribution >= 4 is 5.97 Å². The van der Waals surface area contributed by atoms with Crippen molar-refractivity contribution in [2.75, 3.05) is 6.61 Å². The first-order valence-electron chi connectivity index (χ1n) is 7.57. The molecule has 0 radical (unpaired) electrons. The van der Waals surface area contributed by atoms with Crippen LogP contribution in [0.2, 0.25) is 0 Å². The van der Waals surface area contributed by atoms with Crippen LogP contribution in [0.15, 0.2) is 12.7 Å². The van der Waals surface area contributed by atoms with E-state index in [1.807, 2.05) is 0 Å². The summed E-state index contributed by atoms with van der Waals surface area (Å²) in [5, 5.41) is 0. The Kier molecular flexibility index (Phi) is 2.37. The normalized spacial score (nSPS) is 51.4. The third-order valence-corrected chi connectivity index (χ3v) is 6.38. The maximum absolute atomic E-state index is 12.1. The zero-order chi connectivity index (χ0) is 12.3. The summed E-state index contributed by atoms with van der Waals surface area (Å²) in [6.07, 6.45) is 8.48. The smallest absolute Gasteiger partial charge is 0.309 e. The zero-order valence-corrected chi connectivity index (χ0v) is 10.9. The highest BCUT2D eigenvalue weighted by molar-refractivity contribution is 5.73. The van der Waals surface area contributed by atoms with Crippen LogP contribution < -0.4 is 0 Å². The summed E-state index contributed by atoms with van der Waals surface area (Å²) in [5.74, 6) is 5.61. The van der Waals surface area contributed by atoms with Gasteiger partial charge in [0.25, 0.3) is 0 Å². The number of hydrogen-bond acceptors (Lipinski definition) is 2. The Balaban J connectivity index is 1.51. The Bertz CT molecular complexity index is 389. The van der Waals surface area contributed by atoms with Crippen LogP contribution in [-0.4, -0.2) is 12.6 Å². The highest BCUT2D eigenvalue weighted by Crippen LogP contribution is 2.68. The van der Waals surface area contributed by atoms with E-state index < -0.39 is 0 Å². The lowest BCUT2D eigenvalue weighted by Gasteiger charge is -2.37. The van der Waals surface area contributed by atoms with Gasteiger partial charge in [-0.05, 0) is 67.6 Å². The zero-order valence-electron chi connectivity index (χ0n) is 10.9. The van der Waals surface area contributed by atoms with E-state index in [1.165, 1.54) is 25.7 Å². The predicted molar refractivity (Wildman–Crippen MR) is 68.7 cm³/mol. The first-order valence-corrected chi connectivity index (χ1v) is 7.57. The van der Waals surface area contributed by atoms with Gasteiger partial charge in [-0.3, -0.25) is 4.79 Å². The molecule has 2 heteroatoms. The summed E-state index contributed by atoms with van der Waals surface area (Å²) in [6.45, 7) is 4.00. The standard InChI is InChI=1S/C16H22O2/c1-2-5-18-16(17)13-8-11-7-12(13)15-10-4-3-9(6-10)14(11)15/h2,9-15H,1,3-8H2. The van der Waals surface area contributed by atoms with Crippen molar-refractivity contribution in [3.05, 3.63) is 12.7 Å². The summed E-state index contributed by atoms with van der Waals surface area (Å²) >= 11 is 0. The maximum atomic E-state index is 12.1. The third-order valence-electron chi connectivity index (χ3n) is 6.38. The van der Waals surface area contributed by atoms with E-state index in [4.69, 9.17) is 4.74 Å². The Morgan fingerprint density at radius 2 is 1.89 bits per heavy atom. The molecule has 18 heavy (non-hydrogen) atoms. The van der Waals surface area contributed by atoms with Crippen LogP contribution in [0.4, 0.5) is 0 Å².